The average Bonchev–Trinajstić information content (AvgIpc) is 3.09. The van der Waals surface area contributed by atoms with E-state index >= 15 is 0 Å². The predicted molar refractivity (Wildman–Crippen MR) is 116 cm³/mol. The minimum atomic E-state index is -0.327. The molecule has 0 radical (unpaired) electrons. The number of aromatic nitrogens is 3. The van der Waals surface area contributed by atoms with E-state index in [0.29, 0.717) is 28.9 Å². The minimum Gasteiger partial charge on any atom is -0.462 e. The highest BCUT2D eigenvalue weighted by atomic mass is 32.1. The van der Waals surface area contributed by atoms with Gasteiger partial charge in [0, 0.05) is 11.6 Å². The van der Waals surface area contributed by atoms with Gasteiger partial charge in [-0.2, -0.15) is 0 Å². The smallest absolute Gasteiger partial charge is 0.338 e. The van der Waals surface area contributed by atoms with Crippen molar-refractivity contribution in [3.05, 3.63) is 65.5 Å². The third-order valence-corrected chi connectivity index (χ3v) is 5.25. The molecule has 1 N–H and O–H groups in total. The normalized spacial score (nSPS) is 10.9. The fourth-order valence-electron chi connectivity index (χ4n) is 2.93. The number of thiazole rings is 1. The van der Waals surface area contributed by atoms with Crippen LogP contribution in [0.4, 0.5) is 10.9 Å². The molecular formula is C22H20N4O2S. The number of aryl methyl sites for hydroxylation is 2. The first kappa shape index (κ1) is 19.0. The van der Waals surface area contributed by atoms with Crippen LogP contribution in [0.15, 0.2) is 48.5 Å². The number of hydrogen-bond donors (Lipinski definition) is 1. The Kier molecular flexibility index (Phi) is 5.22. The van der Waals surface area contributed by atoms with Crippen LogP contribution in [-0.4, -0.2) is 27.5 Å². The van der Waals surface area contributed by atoms with Crippen molar-refractivity contribution in [2.45, 2.75) is 20.8 Å². The van der Waals surface area contributed by atoms with Crippen molar-refractivity contribution >= 4 is 38.5 Å². The molecule has 6 nitrogen and oxygen atoms in total. The minimum absolute atomic E-state index is 0.327. The second kappa shape index (κ2) is 7.97. The lowest BCUT2D eigenvalue weighted by atomic mass is 10.1. The molecule has 2 heterocycles. The Bertz CT molecular complexity index is 1190. The summed E-state index contributed by atoms with van der Waals surface area (Å²) in [6.07, 6.45) is 0. The van der Waals surface area contributed by atoms with Gasteiger partial charge in [-0.05, 0) is 39.0 Å². The average molecular weight is 404 g/mol. The van der Waals surface area contributed by atoms with Crippen LogP contribution in [0.2, 0.25) is 0 Å². The van der Waals surface area contributed by atoms with Crippen LogP contribution in [0, 0.1) is 13.8 Å². The zero-order chi connectivity index (χ0) is 20.4. The zero-order valence-corrected chi connectivity index (χ0v) is 17.2. The lowest BCUT2D eigenvalue weighted by Crippen LogP contribution is -2.03. The number of anilines is 2. The lowest BCUT2D eigenvalue weighted by molar-refractivity contribution is 0.0526. The number of rotatable bonds is 5. The molecule has 4 rings (SSSR count). The SMILES string of the molecule is CCOC(=O)c1ccc2nc(Nc3cc(-c4ccc(C)cc4)nc(C)n3)sc2c1. The van der Waals surface area contributed by atoms with Crippen molar-refractivity contribution in [2.24, 2.45) is 0 Å². The van der Waals surface area contributed by atoms with E-state index in [1.807, 2.05) is 19.1 Å². The highest BCUT2D eigenvalue weighted by molar-refractivity contribution is 7.22. The molecule has 0 saturated heterocycles. The highest BCUT2D eigenvalue weighted by Crippen LogP contribution is 2.30. The topological polar surface area (TPSA) is 77.0 Å². The Balaban J connectivity index is 1.62. The fraction of sp³-hybridized carbons (Fsp3) is 0.182. The van der Waals surface area contributed by atoms with Crippen molar-refractivity contribution in [1.82, 2.24) is 15.0 Å². The molecule has 0 aliphatic rings. The number of nitrogens with one attached hydrogen (secondary N) is 1. The zero-order valence-electron chi connectivity index (χ0n) is 16.4. The van der Waals surface area contributed by atoms with Gasteiger partial charge in [-0.15, -0.1) is 0 Å². The van der Waals surface area contributed by atoms with E-state index in [0.717, 1.165) is 21.5 Å². The molecule has 0 atom stereocenters. The fourth-order valence-corrected chi connectivity index (χ4v) is 3.85. The first-order valence-electron chi connectivity index (χ1n) is 9.29. The van der Waals surface area contributed by atoms with E-state index in [-0.39, 0.29) is 5.97 Å². The molecule has 2 aromatic carbocycles. The molecule has 0 fully saturated rings. The second-order valence-electron chi connectivity index (χ2n) is 6.60. The van der Waals surface area contributed by atoms with Crippen LogP contribution in [0.1, 0.15) is 28.7 Å². The summed E-state index contributed by atoms with van der Waals surface area (Å²) in [6, 6.07) is 15.5. The number of carbonyl (C=O) groups is 1. The maximum Gasteiger partial charge on any atom is 0.338 e. The van der Waals surface area contributed by atoms with Gasteiger partial charge in [-0.25, -0.2) is 19.7 Å². The first-order chi connectivity index (χ1) is 14.0. The Morgan fingerprint density at radius 1 is 1.03 bits per heavy atom. The van der Waals surface area contributed by atoms with Gasteiger partial charge >= 0.3 is 5.97 Å². The molecule has 0 spiro atoms. The van der Waals surface area contributed by atoms with Crippen molar-refractivity contribution in [2.75, 3.05) is 11.9 Å². The number of hydrogen-bond acceptors (Lipinski definition) is 7. The number of carbonyl (C=O) groups excluding carboxylic acids is 1. The molecule has 0 bridgehead atoms. The second-order valence-corrected chi connectivity index (χ2v) is 7.63. The number of esters is 1. The molecule has 0 saturated carbocycles. The van der Waals surface area contributed by atoms with E-state index < -0.39 is 0 Å². The molecule has 0 aliphatic heterocycles. The molecule has 0 aliphatic carbocycles. The van der Waals surface area contributed by atoms with Crippen molar-refractivity contribution in [1.29, 1.82) is 0 Å². The summed E-state index contributed by atoms with van der Waals surface area (Å²) in [7, 11) is 0. The molecular weight excluding hydrogens is 384 g/mol. The van der Waals surface area contributed by atoms with Crippen molar-refractivity contribution in [3.8, 4) is 11.3 Å². The standard InChI is InChI=1S/C22H20N4O2S/c1-4-28-21(27)16-9-10-17-19(11-16)29-22(25-17)26-20-12-18(23-14(3)24-20)15-7-5-13(2)6-8-15/h5-12H,4H2,1-3H3,(H,23,24,25,26). The summed E-state index contributed by atoms with van der Waals surface area (Å²) in [5.74, 6) is 1.03. The molecule has 0 unspecified atom stereocenters. The molecule has 29 heavy (non-hydrogen) atoms. The Morgan fingerprint density at radius 2 is 1.83 bits per heavy atom. The van der Waals surface area contributed by atoms with Gasteiger partial charge in [0.15, 0.2) is 5.13 Å². The van der Waals surface area contributed by atoms with Crippen LogP contribution in [0.3, 0.4) is 0 Å². The van der Waals surface area contributed by atoms with Gasteiger partial charge in [0.05, 0.1) is 28.1 Å². The summed E-state index contributed by atoms with van der Waals surface area (Å²) >= 11 is 1.46. The summed E-state index contributed by atoms with van der Waals surface area (Å²) in [5, 5.41) is 3.97. The Hall–Kier alpha value is -3.32. The van der Waals surface area contributed by atoms with Gasteiger partial charge < -0.3 is 10.1 Å². The number of benzene rings is 2. The predicted octanol–water partition coefficient (Wildman–Crippen LogP) is 5.29. The lowest BCUT2D eigenvalue weighted by Gasteiger charge is -2.07. The third-order valence-electron chi connectivity index (χ3n) is 4.32. The van der Waals surface area contributed by atoms with E-state index in [1.165, 1.54) is 16.9 Å². The van der Waals surface area contributed by atoms with Gasteiger partial charge in [0.25, 0.3) is 0 Å². The number of nitrogens with zero attached hydrogens (tertiary/aromatic N) is 3. The van der Waals surface area contributed by atoms with Gasteiger partial charge in [-0.3, -0.25) is 0 Å². The third kappa shape index (κ3) is 4.25. The van der Waals surface area contributed by atoms with Crippen LogP contribution >= 0.6 is 11.3 Å². The highest BCUT2D eigenvalue weighted by Gasteiger charge is 2.12. The monoisotopic (exact) mass is 404 g/mol. The summed E-state index contributed by atoms with van der Waals surface area (Å²) in [6.45, 7) is 6.07. The Labute approximate surface area is 172 Å². The Morgan fingerprint density at radius 3 is 2.59 bits per heavy atom. The van der Waals surface area contributed by atoms with Crippen LogP contribution in [0.25, 0.3) is 21.5 Å². The molecule has 0 amide bonds. The summed E-state index contributed by atoms with van der Waals surface area (Å²) < 4.78 is 5.97. The van der Waals surface area contributed by atoms with Crippen molar-refractivity contribution < 1.29 is 9.53 Å². The largest absolute Gasteiger partial charge is 0.462 e. The number of ether oxygens (including phenoxy) is 1. The van der Waals surface area contributed by atoms with Gasteiger partial charge in [0.2, 0.25) is 0 Å². The van der Waals surface area contributed by atoms with Gasteiger partial charge in [0.1, 0.15) is 11.6 Å². The maximum atomic E-state index is 11.9. The summed E-state index contributed by atoms with van der Waals surface area (Å²) in [5.41, 5.74) is 4.43. The van der Waals surface area contributed by atoms with E-state index in [2.05, 4.69) is 51.5 Å². The number of fused-ring (bicyclic) bond motifs is 1. The molecule has 4 aromatic rings. The quantitative estimate of drug-likeness (QED) is 0.455. The molecule has 2 aromatic heterocycles. The molecule has 146 valence electrons. The van der Waals surface area contributed by atoms with Crippen LogP contribution < -0.4 is 5.32 Å². The van der Waals surface area contributed by atoms with Crippen LogP contribution in [-0.2, 0) is 4.74 Å². The maximum absolute atomic E-state index is 11.9. The van der Waals surface area contributed by atoms with Crippen LogP contribution in [0.5, 0.6) is 0 Å². The van der Waals surface area contributed by atoms with Gasteiger partial charge in [-0.1, -0.05) is 41.2 Å². The van der Waals surface area contributed by atoms with E-state index in [4.69, 9.17) is 4.74 Å². The van der Waals surface area contributed by atoms with E-state index in [9.17, 15) is 4.79 Å². The first-order valence-corrected chi connectivity index (χ1v) is 10.1. The van der Waals surface area contributed by atoms with Crippen molar-refractivity contribution in [3.63, 3.8) is 0 Å². The molecule has 7 heteroatoms. The summed E-state index contributed by atoms with van der Waals surface area (Å²) in [4.78, 5) is 25.6. The van der Waals surface area contributed by atoms with E-state index in [1.54, 1.807) is 19.1 Å².